The molecule has 0 amide bonds. The summed E-state index contributed by atoms with van der Waals surface area (Å²) in [5.74, 6) is 0.954. The number of thiol groups is 1. The maximum Gasteiger partial charge on any atom is 0.137 e. The van der Waals surface area contributed by atoms with Gasteiger partial charge in [-0.3, -0.25) is 0 Å². The van der Waals surface area contributed by atoms with E-state index in [9.17, 15) is 0 Å². The molecule has 1 heterocycles. The summed E-state index contributed by atoms with van der Waals surface area (Å²) in [4.78, 5) is 0.985. The summed E-state index contributed by atoms with van der Waals surface area (Å²) in [7, 11) is 0. The number of thiophene rings is 1. The van der Waals surface area contributed by atoms with Gasteiger partial charge in [-0.1, -0.05) is 0 Å². The van der Waals surface area contributed by atoms with Gasteiger partial charge in [0.2, 0.25) is 0 Å². The van der Waals surface area contributed by atoms with Gasteiger partial charge in [-0.05, 0) is 35.0 Å². The van der Waals surface area contributed by atoms with E-state index in [4.69, 9.17) is 4.74 Å². The van der Waals surface area contributed by atoms with E-state index in [2.05, 4.69) is 34.6 Å². The first-order chi connectivity index (χ1) is 6.74. The number of fused-ring (bicyclic) bond motifs is 1. The quantitative estimate of drug-likeness (QED) is 0.809. The zero-order valence-corrected chi connectivity index (χ0v) is 10.9. The van der Waals surface area contributed by atoms with E-state index in [1.165, 1.54) is 4.70 Å². The summed E-state index contributed by atoms with van der Waals surface area (Å²) in [5, 5.41) is 3.17. The number of halogens is 1. The highest BCUT2D eigenvalue weighted by atomic mass is 79.9. The predicted octanol–water partition coefficient (Wildman–Crippen LogP) is 4.35. The number of hydrogen-bond donors (Lipinski definition) is 1. The molecule has 0 bridgehead atoms. The molecule has 0 atom stereocenters. The first-order valence-corrected chi connectivity index (χ1v) is 6.37. The molecule has 0 radical (unpaired) electrons. The van der Waals surface area contributed by atoms with Crippen molar-refractivity contribution in [1.82, 2.24) is 0 Å². The Bertz CT molecular complexity index is 464. The molecule has 0 aliphatic carbocycles. The third-order valence-corrected chi connectivity index (χ3v) is 4.51. The van der Waals surface area contributed by atoms with E-state index >= 15 is 0 Å². The Morgan fingerprint density at radius 3 is 3.00 bits per heavy atom. The molecule has 1 nitrogen and oxygen atoms in total. The van der Waals surface area contributed by atoms with Crippen LogP contribution < -0.4 is 4.74 Å². The summed E-state index contributed by atoms with van der Waals surface area (Å²) in [6.07, 6.45) is 0. The van der Waals surface area contributed by atoms with Gasteiger partial charge in [0.25, 0.3) is 0 Å². The second kappa shape index (κ2) is 4.13. The Labute approximate surface area is 101 Å². The lowest BCUT2D eigenvalue weighted by atomic mass is 10.2. The highest BCUT2D eigenvalue weighted by molar-refractivity contribution is 9.10. The molecule has 4 heteroatoms. The van der Waals surface area contributed by atoms with Gasteiger partial charge in [-0.25, -0.2) is 0 Å². The van der Waals surface area contributed by atoms with E-state index in [1.54, 1.807) is 11.3 Å². The molecular weight excluding hydrogens is 280 g/mol. The molecule has 2 aromatic rings. The normalized spacial score (nSPS) is 10.8. The van der Waals surface area contributed by atoms with Gasteiger partial charge >= 0.3 is 0 Å². The van der Waals surface area contributed by atoms with Crippen LogP contribution >= 0.6 is 39.9 Å². The van der Waals surface area contributed by atoms with Gasteiger partial charge in [0.05, 0.1) is 11.3 Å². The zero-order chi connectivity index (χ0) is 10.1. The molecule has 2 rings (SSSR count). The fourth-order valence-electron chi connectivity index (χ4n) is 1.30. The lowest BCUT2D eigenvalue weighted by Crippen LogP contribution is -1.89. The third-order valence-electron chi connectivity index (χ3n) is 1.93. The molecule has 0 saturated carbocycles. The monoisotopic (exact) mass is 288 g/mol. The van der Waals surface area contributed by atoms with Crippen molar-refractivity contribution in [3.63, 3.8) is 0 Å². The number of rotatable bonds is 2. The van der Waals surface area contributed by atoms with E-state index in [1.807, 2.05) is 18.4 Å². The average molecular weight is 289 g/mol. The molecule has 74 valence electrons. The van der Waals surface area contributed by atoms with Crippen LogP contribution in [0.5, 0.6) is 5.75 Å². The lowest BCUT2D eigenvalue weighted by molar-refractivity contribution is 0.345. The molecule has 0 N–H and O–H groups in total. The first kappa shape index (κ1) is 10.3. The van der Waals surface area contributed by atoms with Crippen molar-refractivity contribution in [3.8, 4) is 5.75 Å². The van der Waals surface area contributed by atoms with Crippen LogP contribution in [0.2, 0.25) is 0 Å². The molecule has 0 unspecified atom stereocenters. The fourth-order valence-corrected chi connectivity index (χ4v) is 3.06. The highest BCUT2D eigenvalue weighted by Gasteiger charge is 2.08. The van der Waals surface area contributed by atoms with Gasteiger partial charge in [0, 0.05) is 20.1 Å². The first-order valence-electron chi connectivity index (χ1n) is 4.25. The molecule has 1 aromatic heterocycles. The zero-order valence-electron chi connectivity index (χ0n) is 7.58. The van der Waals surface area contributed by atoms with E-state index in [0.29, 0.717) is 6.61 Å². The van der Waals surface area contributed by atoms with Crippen molar-refractivity contribution in [2.75, 3.05) is 6.61 Å². The summed E-state index contributed by atoms with van der Waals surface area (Å²) in [6, 6.07) is 4.06. The summed E-state index contributed by atoms with van der Waals surface area (Å²) in [6.45, 7) is 2.69. The Hall–Kier alpha value is -0.190. The van der Waals surface area contributed by atoms with Crippen molar-refractivity contribution >= 4 is 50.0 Å². The van der Waals surface area contributed by atoms with Crippen LogP contribution in [0.1, 0.15) is 6.92 Å². The van der Waals surface area contributed by atoms with Crippen LogP contribution in [0.25, 0.3) is 10.1 Å². The molecular formula is C10H9BrOS2. The Balaban J connectivity index is 2.64. The number of ether oxygens (including phenoxy) is 1. The Morgan fingerprint density at radius 2 is 2.29 bits per heavy atom. The maximum atomic E-state index is 5.52. The van der Waals surface area contributed by atoms with E-state index in [0.717, 1.165) is 20.5 Å². The van der Waals surface area contributed by atoms with Gasteiger partial charge in [-0.15, -0.1) is 24.0 Å². The second-order valence-electron chi connectivity index (χ2n) is 2.81. The van der Waals surface area contributed by atoms with Crippen LogP contribution in [0.4, 0.5) is 0 Å². The van der Waals surface area contributed by atoms with Gasteiger partial charge in [0.1, 0.15) is 5.75 Å². The van der Waals surface area contributed by atoms with Gasteiger partial charge in [0.15, 0.2) is 0 Å². The van der Waals surface area contributed by atoms with E-state index < -0.39 is 0 Å². The topological polar surface area (TPSA) is 9.23 Å². The standard InChI is InChI=1S/C10H9BrOS2/c1-2-12-8-5-14-10-6(8)3-4-7(11)9(10)13/h3-5,13H,2H2,1H3. The molecule has 0 aliphatic heterocycles. The molecule has 0 fully saturated rings. The van der Waals surface area contributed by atoms with Gasteiger partial charge < -0.3 is 4.74 Å². The van der Waals surface area contributed by atoms with Crippen molar-refractivity contribution in [3.05, 3.63) is 22.0 Å². The SMILES string of the molecule is CCOc1csc2c(S)c(Br)ccc12. The Kier molecular flexibility index (Phi) is 3.04. The van der Waals surface area contributed by atoms with Crippen LogP contribution in [0, 0.1) is 0 Å². The minimum Gasteiger partial charge on any atom is -0.492 e. The fraction of sp³-hybridized carbons (Fsp3) is 0.200. The third kappa shape index (κ3) is 1.66. The smallest absolute Gasteiger partial charge is 0.137 e. The summed E-state index contributed by atoms with van der Waals surface area (Å²) >= 11 is 9.57. The van der Waals surface area contributed by atoms with Crippen molar-refractivity contribution < 1.29 is 4.74 Å². The molecule has 0 aliphatic rings. The van der Waals surface area contributed by atoms with Crippen molar-refractivity contribution in [1.29, 1.82) is 0 Å². The second-order valence-corrected chi connectivity index (χ2v) is 4.99. The lowest BCUT2D eigenvalue weighted by Gasteiger charge is -2.02. The maximum absolute atomic E-state index is 5.52. The predicted molar refractivity (Wildman–Crippen MR) is 67.9 cm³/mol. The summed E-state index contributed by atoms with van der Waals surface area (Å²) in [5.41, 5.74) is 0. The van der Waals surface area contributed by atoms with Crippen LogP contribution in [0.15, 0.2) is 26.9 Å². The minimum absolute atomic E-state index is 0.698. The largest absolute Gasteiger partial charge is 0.492 e. The minimum atomic E-state index is 0.698. The molecule has 0 saturated heterocycles. The number of hydrogen-bond acceptors (Lipinski definition) is 3. The molecule has 0 spiro atoms. The van der Waals surface area contributed by atoms with Crippen molar-refractivity contribution in [2.45, 2.75) is 11.8 Å². The molecule has 14 heavy (non-hydrogen) atoms. The van der Waals surface area contributed by atoms with Crippen LogP contribution in [-0.2, 0) is 0 Å². The van der Waals surface area contributed by atoms with Gasteiger partial charge in [-0.2, -0.15) is 0 Å². The van der Waals surface area contributed by atoms with E-state index in [-0.39, 0.29) is 0 Å². The molecule has 1 aromatic carbocycles. The Morgan fingerprint density at radius 1 is 1.50 bits per heavy atom. The van der Waals surface area contributed by atoms with Crippen LogP contribution in [0.3, 0.4) is 0 Å². The highest BCUT2D eigenvalue weighted by Crippen LogP contribution is 2.39. The van der Waals surface area contributed by atoms with Crippen LogP contribution in [-0.4, -0.2) is 6.61 Å². The average Bonchev–Trinajstić information content (AvgIpc) is 2.57. The number of benzene rings is 1. The summed E-state index contributed by atoms with van der Waals surface area (Å²) < 4.78 is 7.71. The van der Waals surface area contributed by atoms with Crippen molar-refractivity contribution in [2.24, 2.45) is 0 Å².